The summed E-state index contributed by atoms with van der Waals surface area (Å²) in [5.74, 6) is -0.205. The van der Waals surface area contributed by atoms with Gasteiger partial charge >= 0.3 is 0 Å². The number of rotatable bonds is 9. The van der Waals surface area contributed by atoms with Crippen LogP contribution in [0, 0.1) is 5.82 Å². The van der Waals surface area contributed by atoms with E-state index in [9.17, 15) is 14.0 Å². The van der Waals surface area contributed by atoms with E-state index >= 15 is 0 Å². The summed E-state index contributed by atoms with van der Waals surface area (Å²) < 4.78 is 21.6. The first kappa shape index (κ1) is 25.3. The Bertz CT molecular complexity index is 1400. The number of halogens is 1. The number of anilines is 1. The van der Waals surface area contributed by atoms with E-state index in [0.717, 1.165) is 35.5 Å². The summed E-state index contributed by atoms with van der Waals surface area (Å²) in [6.45, 7) is 2.25. The minimum atomic E-state index is -0.475. The van der Waals surface area contributed by atoms with Gasteiger partial charge in [0, 0.05) is 12.7 Å². The second kappa shape index (κ2) is 11.3. The molecular weight excluding hydrogens is 481 g/mol. The normalized spacial score (nSPS) is 13.9. The summed E-state index contributed by atoms with van der Waals surface area (Å²) in [5, 5.41) is 0. The Labute approximate surface area is 221 Å². The summed E-state index contributed by atoms with van der Waals surface area (Å²) in [4.78, 5) is 30.6. The molecule has 2 heterocycles. The lowest BCUT2D eigenvalue weighted by molar-refractivity contribution is -0.137. The van der Waals surface area contributed by atoms with Crippen molar-refractivity contribution in [2.24, 2.45) is 0 Å². The van der Waals surface area contributed by atoms with E-state index in [2.05, 4.69) is 4.57 Å². The van der Waals surface area contributed by atoms with Gasteiger partial charge in [-0.3, -0.25) is 14.5 Å². The van der Waals surface area contributed by atoms with Crippen molar-refractivity contribution < 1.29 is 18.7 Å². The second-order valence-electron chi connectivity index (χ2n) is 9.28. The van der Waals surface area contributed by atoms with E-state index in [1.54, 1.807) is 34.1 Å². The van der Waals surface area contributed by atoms with Crippen molar-refractivity contribution in [3.63, 3.8) is 0 Å². The molecule has 1 atom stereocenters. The first-order chi connectivity index (χ1) is 18.6. The number of hydrogen-bond acceptors (Lipinski definition) is 3. The number of para-hydroxylation sites is 3. The number of aromatic nitrogens is 1. The number of carbonyl (C=O) groups is 2. The number of unbranched alkanes of at least 4 members (excludes halogenated alkanes) is 1. The Hall–Kier alpha value is -4.39. The van der Waals surface area contributed by atoms with Gasteiger partial charge in [-0.2, -0.15) is 0 Å². The molecule has 0 saturated heterocycles. The van der Waals surface area contributed by atoms with E-state index in [4.69, 9.17) is 4.74 Å². The Balaban J connectivity index is 1.46. The van der Waals surface area contributed by atoms with Crippen LogP contribution in [-0.4, -0.2) is 41.0 Å². The van der Waals surface area contributed by atoms with Gasteiger partial charge in [0.2, 0.25) is 5.91 Å². The van der Waals surface area contributed by atoms with Crippen molar-refractivity contribution in [2.45, 2.75) is 25.8 Å². The predicted molar refractivity (Wildman–Crippen MR) is 145 cm³/mol. The molecule has 0 bridgehead atoms. The maximum absolute atomic E-state index is 14.1. The Kier molecular flexibility index (Phi) is 7.54. The molecule has 7 heteroatoms. The molecule has 0 spiro atoms. The maximum Gasteiger partial charge on any atom is 0.260 e. The molecule has 0 N–H and O–H groups in total. The highest BCUT2D eigenvalue weighted by Gasteiger charge is 2.37. The lowest BCUT2D eigenvalue weighted by atomic mass is 9.97. The molecule has 4 aromatic rings. The number of nitrogens with zero attached hydrogens (tertiary/aromatic N) is 3. The van der Waals surface area contributed by atoms with Crippen LogP contribution >= 0.6 is 0 Å². The zero-order valence-electron chi connectivity index (χ0n) is 21.3. The van der Waals surface area contributed by atoms with Gasteiger partial charge in [0.1, 0.15) is 24.2 Å². The van der Waals surface area contributed by atoms with Gasteiger partial charge in [0.05, 0.1) is 17.1 Å². The molecule has 3 aromatic carbocycles. The molecule has 1 aromatic heterocycles. The third-order valence-corrected chi connectivity index (χ3v) is 6.74. The highest BCUT2D eigenvalue weighted by Crippen LogP contribution is 2.42. The lowest BCUT2D eigenvalue weighted by Crippen LogP contribution is -2.48. The third kappa shape index (κ3) is 5.18. The van der Waals surface area contributed by atoms with Crippen molar-refractivity contribution in [1.29, 1.82) is 0 Å². The predicted octanol–water partition coefficient (Wildman–Crippen LogP) is 5.76. The summed E-state index contributed by atoms with van der Waals surface area (Å²) in [6.07, 6.45) is 3.62. The number of amides is 2. The van der Waals surface area contributed by atoms with E-state index in [1.165, 1.54) is 12.1 Å². The highest BCUT2D eigenvalue weighted by atomic mass is 19.1. The van der Waals surface area contributed by atoms with Crippen molar-refractivity contribution in [3.05, 3.63) is 114 Å². The Morgan fingerprint density at radius 1 is 0.895 bits per heavy atom. The van der Waals surface area contributed by atoms with Gasteiger partial charge in [-0.15, -0.1) is 0 Å². The van der Waals surface area contributed by atoms with Gasteiger partial charge in [0.15, 0.2) is 6.61 Å². The largest absolute Gasteiger partial charge is 0.484 e. The third-order valence-electron chi connectivity index (χ3n) is 6.74. The minimum absolute atomic E-state index is 0.0935. The van der Waals surface area contributed by atoms with Crippen LogP contribution in [0.25, 0.3) is 5.69 Å². The average molecular weight is 512 g/mol. The fourth-order valence-electron chi connectivity index (χ4n) is 4.86. The molecule has 2 amide bonds. The maximum atomic E-state index is 14.1. The standard InChI is InChI=1S/C31H30FN3O3/c1-2-3-19-33(30(37)22-38-25-10-5-4-6-11-25)21-29(36)35-27-13-8-7-12-26(27)34-20-9-14-28(34)31(35)23-15-17-24(32)18-16-23/h4-18,20,31H,2-3,19,21-22H2,1H3. The second-order valence-corrected chi connectivity index (χ2v) is 9.28. The highest BCUT2D eigenvalue weighted by molar-refractivity contribution is 6.00. The van der Waals surface area contributed by atoms with Gasteiger partial charge < -0.3 is 14.2 Å². The molecule has 5 rings (SSSR count). The first-order valence-corrected chi connectivity index (χ1v) is 12.9. The number of hydrogen-bond donors (Lipinski definition) is 0. The van der Waals surface area contributed by atoms with Crippen LogP contribution in [0.4, 0.5) is 10.1 Å². The molecule has 38 heavy (non-hydrogen) atoms. The Morgan fingerprint density at radius 3 is 2.34 bits per heavy atom. The SMILES string of the molecule is CCCCN(CC(=O)N1c2ccccc2-n2cccc2C1c1ccc(F)cc1)C(=O)COc1ccccc1. The molecule has 1 unspecified atom stereocenters. The number of carbonyl (C=O) groups excluding carboxylic acids is 2. The van der Waals surface area contributed by atoms with E-state index in [-0.39, 0.29) is 30.8 Å². The summed E-state index contributed by atoms with van der Waals surface area (Å²) in [6, 6.07) is 26.5. The van der Waals surface area contributed by atoms with Crippen LogP contribution in [0.2, 0.25) is 0 Å². The minimum Gasteiger partial charge on any atom is -0.484 e. The monoisotopic (exact) mass is 511 g/mol. The molecule has 0 fully saturated rings. The zero-order chi connectivity index (χ0) is 26.5. The Morgan fingerprint density at radius 2 is 1.61 bits per heavy atom. The number of benzene rings is 3. The van der Waals surface area contributed by atoms with Crippen LogP contribution in [0.5, 0.6) is 5.75 Å². The molecule has 0 radical (unpaired) electrons. The molecule has 0 saturated carbocycles. The van der Waals surface area contributed by atoms with Crippen molar-refractivity contribution in [2.75, 3.05) is 24.6 Å². The number of fused-ring (bicyclic) bond motifs is 3. The van der Waals surface area contributed by atoms with Crippen molar-refractivity contribution >= 4 is 17.5 Å². The number of ether oxygens (including phenoxy) is 1. The topological polar surface area (TPSA) is 54.8 Å². The van der Waals surface area contributed by atoms with Gasteiger partial charge in [-0.1, -0.05) is 55.8 Å². The van der Waals surface area contributed by atoms with Crippen LogP contribution in [-0.2, 0) is 9.59 Å². The molecule has 0 aliphatic carbocycles. The smallest absolute Gasteiger partial charge is 0.260 e. The van der Waals surface area contributed by atoms with Crippen LogP contribution in [0.3, 0.4) is 0 Å². The fourth-order valence-corrected chi connectivity index (χ4v) is 4.86. The van der Waals surface area contributed by atoms with Crippen molar-refractivity contribution in [3.8, 4) is 11.4 Å². The first-order valence-electron chi connectivity index (χ1n) is 12.9. The summed E-state index contributed by atoms with van der Waals surface area (Å²) >= 11 is 0. The quantitative estimate of drug-likeness (QED) is 0.287. The van der Waals surface area contributed by atoms with Crippen LogP contribution < -0.4 is 9.64 Å². The van der Waals surface area contributed by atoms with E-state index in [0.29, 0.717) is 12.3 Å². The molecule has 1 aliphatic heterocycles. The summed E-state index contributed by atoms with van der Waals surface area (Å²) in [7, 11) is 0. The zero-order valence-corrected chi connectivity index (χ0v) is 21.3. The van der Waals surface area contributed by atoms with Crippen molar-refractivity contribution in [1.82, 2.24) is 9.47 Å². The van der Waals surface area contributed by atoms with E-state index < -0.39 is 6.04 Å². The van der Waals surface area contributed by atoms with Gasteiger partial charge in [-0.05, 0) is 60.5 Å². The summed E-state index contributed by atoms with van der Waals surface area (Å²) in [5.41, 5.74) is 3.28. The molecule has 6 nitrogen and oxygen atoms in total. The van der Waals surface area contributed by atoms with Crippen LogP contribution in [0.15, 0.2) is 97.2 Å². The van der Waals surface area contributed by atoms with Gasteiger partial charge in [0.25, 0.3) is 5.91 Å². The average Bonchev–Trinajstić information content (AvgIpc) is 3.44. The molecule has 194 valence electrons. The van der Waals surface area contributed by atoms with Crippen LogP contribution in [0.1, 0.15) is 37.1 Å². The fraction of sp³-hybridized carbons (Fsp3) is 0.226. The van der Waals surface area contributed by atoms with E-state index in [1.807, 2.05) is 67.7 Å². The lowest BCUT2D eigenvalue weighted by Gasteiger charge is -2.39. The van der Waals surface area contributed by atoms with Gasteiger partial charge in [-0.25, -0.2) is 4.39 Å². The molecule has 1 aliphatic rings. The molecular formula is C31H30FN3O3.